The van der Waals surface area contributed by atoms with Gasteiger partial charge >= 0.3 is 5.97 Å². The third kappa shape index (κ3) is 11.9. The zero-order valence-corrected chi connectivity index (χ0v) is 27.0. The molecule has 0 saturated heterocycles. The largest absolute Gasteiger partial charge is 0.464 e. The average Bonchev–Trinajstić information content (AvgIpc) is 2.98. The quantitative estimate of drug-likeness (QED) is 0.0880. The normalized spacial score (nSPS) is 12.9. The van der Waals surface area contributed by atoms with Gasteiger partial charge in [-0.15, -0.1) is 45.6 Å². The number of rotatable bonds is 19. The molecule has 8 nitrogen and oxygen atoms in total. The van der Waals surface area contributed by atoms with Gasteiger partial charge in [-0.1, -0.05) is 36.4 Å². The van der Waals surface area contributed by atoms with Crippen LogP contribution in [0.2, 0.25) is 0 Å². The first-order valence-corrected chi connectivity index (χ1v) is 15.9. The van der Waals surface area contributed by atoms with E-state index in [1.54, 1.807) is 42.4 Å². The number of ether oxygens (including phenoxy) is 1. The van der Waals surface area contributed by atoms with Gasteiger partial charge in [0.2, 0.25) is 5.91 Å². The zero-order chi connectivity index (χ0) is 30.2. The van der Waals surface area contributed by atoms with Crippen LogP contribution < -0.4 is 21.5 Å². The molecule has 0 aromatic heterocycles. The fraction of sp³-hybridized carbons (Fsp3) is 0.483. The Morgan fingerprint density at radius 3 is 2.26 bits per heavy atom. The molecule has 4 N–H and O–H groups in total. The van der Waals surface area contributed by atoms with Crippen molar-refractivity contribution >= 4 is 70.7 Å². The standard InChI is InChI=1S/C29H39Cl2FN4O4S.ClH/c1-3-40-29(39)24(11-16-41-2)34-28(38)23(33)17-21-9-10-22(26(19-21)36(14-12-30)15-13-31)27(37)25(35-32)18-20-7-5-4-6-8-20;/h4-10,19,23-25,35H,3,11-18,33H2,1-2H3,(H,34,38);1H/t23-,24-,25-;/m0./s1. The number of alkyl halides is 2. The summed E-state index contributed by atoms with van der Waals surface area (Å²) in [6, 6.07) is 11.4. The minimum absolute atomic E-state index is 0. The van der Waals surface area contributed by atoms with E-state index in [9.17, 15) is 18.9 Å². The maximum absolute atomic E-state index is 13.9. The molecule has 3 atom stereocenters. The van der Waals surface area contributed by atoms with Crippen LogP contribution in [-0.4, -0.2) is 79.3 Å². The number of nitrogens with zero attached hydrogens (tertiary/aromatic N) is 1. The molecule has 0 aliphatic heterocycles. The molecule has 2 aromatic rings. The predicted octanol–water partition coefficient (Wildman–Crippen LogP) is 4.33. The molecule has 0 aliphatic rings. The van der Waals surface area contributed by atoms with Crippen molar-refractivity contribution in [1.82, 2.24) is 10.9 Å². The number of nitrogens with two attached hydrogens (primary N) is 1. The van der Waals surface area contributed by atoms with Crippen LogP contribution >= 0.6 is 47.4 Å². The number of amides is 1. The first-order valence-electron chi connectivity index (χ1n) is 13.4. The van der Waals surface area contributed by atoms with E-state index < -0.39 is 35.8 Å². The van der Waals surface area contributed by atoms with Crippen LogP contribution in [0.25, 0.3) is 0 Å². The van der Waals surface area contributed by atoms with Crippen molar-refractivity contribution in [3.05, 3.63) is 65.2 Å². The fourth-order valence-electron chi connectivity index (χ4n) is 4.30. The van der Waals surface area contributed by atoms with Crippen molar-refractivity contribution in [3.63, 3.8) is 0 Å². The maximum atomic E-state index is 13.9. The number of hydrogen-bond donors (Lipinski definition) is 3. The second-order valence-electron chi connectivity index (χ2n) is 9.34. The summed E-state index contributed by atoms with van der Waals surface area (Å²) in [6.45, 7) is 2.70. The lowest BCUT2D eigenvalue weighted by Crippen LogP contribution is -2.49. The Balaban J connectivity index is 0.00000882. The first kappa shape index (κ1) is 37.9. The number of carbonyl (C=O) groups excluding carboxylic acids is 3. The highest BCUT2D eigenvalue weighted by Crippen LogP contribution is 2.26. The molecule has 0 heterocycles. The van der Waals surface area contributed by atoms with Crippen molar-refractivity contribution in [2.24, 2.45) is 5.73 Å². The highest BCUT2D eigenvalue weighted by Gasteiger charge is 2.27. The monoisotopic (exact) mass is 664 g/mol. The maximum Gasteiger partial charge on any atom is 0.328 e. The van der Waals surface area contributed by atoms with E-state index >= 15 is 0 Å². The van der Waals surface area contributed by atoms with Crippen LogP contribution in [0.3, 0.4) is 0 Å². The van der Waals surface area contributed by atoms with Gasteiger partial charge in [0.15, 0.2) is 5.78 Å². The third-order valence-corrected chi connectivity index (χ3v) is 7.38. The van der Waals surface area contributed by atoms with E-state index in [2.05, 4.69) is 5.32 Å². The highest BCUT2D eigenvalue weighted by atomic mass is 35.5. The molecule has 0 fully saturated rings. The van der Waals surface area contributed by atoms with Crippen LogP contribution in [0.15, 0.2) is 48.5 Å². The number of halogens is 4. The molecular formula is C29H40Cl3FN4O4S. The number of Topliss-reactive ketones (excluding diaryl/α,β-unsaturated/α-hetero) is 1. The van der Waals surface area contributed by atoms with Gasteiger partial charge in [-0.05, 0) is 61.5 Å². The number of carbonyl (C=O) groups is 3. The van der Waals surface area contributed by atoms with Crippen LogP contribution in [0.5, 0.6) is 0 Å². The van der Waals surface area contributed by atoms with Gasteiger partial charge in [-0.2, -0.15) is 11.8 Å². The summed E-state index contributed by atoms with van der Waals surface area (Å²) >= 11 is 13.7. The van der Waals surface area contributed by atoms with E-state index in [-0.39, 0.29) is 43.6 Å². The van der Waals surface area contributed by atoms with Gasteiger partial charge in [-0.3, -0.25) is 9.59 Å². The zero-order valence-electron chi connectivity index (χ0n) is 23.8. The number of hydrogen-bond acceptors (Lipinski definition) is 8. The van der Waals surface area contributed by atoms with Gasteiger partial charge < -0.3 is 20.7 Å². The van der Waals surface area contributed by atoms with Crippen molar-refractivity contribution in [1.29, 1.82) is 0 Å². The van der Waals surface area contributed by atoms with Gasteiger partial charge in [0.25, 0.3) is 0 Å². The Kier molecular flexibility index (Phi) is 18.8. The SMILES string of the molecule is CCOC(=O)[C@H](CCSC)NC(=O)[C@@H](N)Cc1ccc(C(=O)[C@H](Cc2ccccc2)NF)c(N(CCCl)CCCl)c1.Cl. The molecular weight excluding hydrogens is 626 g/mol. The van der Waals surface area contributed by atoms with E-state index in [4.69, 9.17) is 33.7 Å². The van der Waals surface area contributed by atoms with Crippen LogP contribution in [0, 0.1) is 0 Å². The molecule has 234 valence electrons. The summed E-state index contributed by atoms with van der Waals surface area (Å²) in [4.78, 5) is 40.7. The number of ketones is 1. The second kappa shape index (κ2) is 20.8. The van der Waals surface area contributed by atoms with Crippen LogP contribution in [0.4, 0.5) is 10.2 Å². The smallest absolute Gasteiger partial charge is 0.328 e. The van der Waals surface area contributed by atoms with Gasteiger partial charge in [0, 0.05) is 36.1 Å². The van der Waals surface area contributed by atoms with Gasteiger partial charge in [0.05, 0.1) is 12.6 Å². The minimum Gasteiger partial charge on any atom is -0.464 e. The molecule has 2 aromatic carbocycles. The summed E-state index contributed by atoms with van der Waals surface area (Å²) in [5.41, 5.74) is 10.2. The van der Waals surface area contributed by atoms with E-state index in [0.717, 1.165) is 5.56 Å². The first-order chi connectivity index (χ1) is 19.8. The van der Waals surface area contributed by atoms with Gasteiger partial charge in [0.1, 0.15) is 12.1 Å². The van der Waals surface area contributed by atoms with Crippen molar-refractivity contribution in [2.75, 3.05) is 48.4 Å². The van der Waals surface area contributed by atoms with Crippen LogP contribution in [0.1, 0.15) is 34.8 Å². The minimum atomic E-state index is -1.11. The Bertz CT molecular complexity index is 1110. The Labute approximate surface area is 267 Å². The Morgan fingerprint density at radius 2 is 1.69 bits per heavy atom. The average molecular weight is 666 g/mol. The Morgan fingerprint density at radius 1 is 1.02 bits per heavy atom. The lowest BCUT2D eigenvalue weighted by Gasteiger charge is -2.27. The summed E-state index contributed by atoms with van der Waals surface area (Å²) in [7, 11) is 0. The molecule has 0 spiro atoms. The number of benzene rings is 2. The van der Waals surface area contributed by atoms with Crippen molar-refractivity contribution in [2.45, 2.75) is 44.3 Å². The van der Waals surface area contributed by atoms with Gasteiger partial charge in [-0.25, -0.2) is 4.79 Å². The fourth-order valence-corrected chi connectivity index (χ4v) is 5.18. The van der Waals surface area contributed by atoms with Crippen LogP contribution in [-0.2, 0) is 27.2 Å². The molecule has 13 heteroatoms. The highest BCUT2D eigenvalue weighted by molar-refractivity contribution is 7.98. The van der Waals surface area contributed by atoms with E-state index in [1.165, 1.54) is 0 Å². The van der Waals surface area contributed by atoms with Crippen molar-refractivity contribution < 1.29 is 23.6 Å². The van der Waals surface area contributed by atoms with Crippen molar-refractivity contribution in [3.8, 4) is 0 Å². The number of anilines is 1. The summed E-state index contributed by atoms with van der Waals surface area (Å²) < 4.78 is 19.0. The summed E-state index contributed by atoms with van der Waals surface area (Å²) in [6.07, 6.45) is 2.62. The number of thioether (sulfide) groups is 1. The third-order valence-electron chi connectivity index (χ3n) is 6.40. The predicted molar refractivity (Wildman–Crippen MR) is 173 cm³/mol. The lowest BCUT2D eigenvalue weighted by atomic mass is 9.94. The Hall–Kier alpha value is -2.08. The number of esters is 1. The summed E-state index contributed by atoms with van der Waals surface area (Å²) in [5, 5.41) is 2.71. The molecule has 0 aliphatic carbocycles. The summed E-state index contributed by atoms with van der Waals surface area (Å²) in [5.74, 6) is -0.216. The molecule has 0 bridgehead atoms. The molecule has 2 rings (SSSR count). The molecule has 1 amide bonds. The lowest BCUT2D eigenvalue weighted by molar-refractivity contribution is -0.147. The molecule has 0 saturated carbocycles. The van der Waals surface area contributed by atoms with E-state index in [0.29, 0.717) is 42.1 Å². The number of nitrogens with one attached hydrogen (secondary N) is 2. The topological polar surface area (TPSA) is 114 Å². The molecule has 0 unspecified atom stereocenters. The molecule has 0 radical (unpaired) electrons. The van der Waals surface area contributed by atoms with E-state index in [1.807, 2.05) is 41.5 Å². The second-order valence-corrected chi connectivity index (χ2v) is 11.1. The molecule has 42 heavy (non-hydrogen) atoms.